The Kier molecular flexibility index (Phi) is 13.8. The molecule has 11 rings (SSSR count). The van der Waals surface area contributed by atoms with E-state index in [0.717, 1.165) is 41.7 Å². The van der Waals surface area contributed by atoms with Crippen LogP contribution < -0.4 is 14.5 Å². The second kappa shape index (κ2) is 21.3. The number of nitro groups is 1. The number of benzene rings is 5. The molecule has 1 spiro atoms. The SMILES string of the molecule is O=C1O[C@@H](c2ccccc2)[C@@H](c2ccccc2)N2[C@@H](c3ccc(OCCO)cc3)[C@]3(C(=O)N(C(=O)OCc4ccc([N+](=O)[O-])cc4)c4ccc(C#CC5=CCCCC5)cc43)[C@@H](C(=O)N3CCN(c4ncccn4)CC3)[C@H]12. The number of nitro benzene ring substituents is 1. The van der Waals surface area contributed by atoms with Gasteiger partial charge < -0.3 is 29.1 Å². The number of nitrogens with zero attached hydrogens (tertiary/aromatic N) is 7. The van der Waals surface area contributed by atoms with Crippen molar-refractivity contribution in [3.8, 4) is 17.6 Å². The van der Waals surface area contributed by atoms with Gasteiger partial charge in [0.1, 0.15) is 36.5 Å². The molecule has 3 fully saturated rings. The number of allylic oxidation sites excluding steroid dienone is 2. The van der Waals surface area contributed by atoms with Crippen molar-refractivity contribution in [2.75, 3.05) is 49.2 Å². The summed E-state index contributed by atoms with van der Waals surface area (Å²) in [7, 11) is 0. The summed E-state index contributed by atoms with van der Waals surface area (Å²) >= 11 is 0. The third-order valence-corrected chi connectivity index (χ3v) is 15.1. The number of aliphatic hydroxyl groups excluding tert-OH is 1. The van der Waals surface area contributed by atoms with Crippen LogP contribution in [0.5, 0.6) is 5.75 Å². The lowest BCUT2D eigenvalue weighted by molar-refractivity contribution is -0.384. The minimum absolute atomic E-state index is 0.0192. The van der Waals surface area contributed by atoms with E-state index in [0.29, 0.717) is 52.6 Å². The lowest BCUT2D eigenvalue weighted by Crippen LogP contribution is -2.59. The van der Waals surface area contributed by atoms with Gasteiger partial charge in [-0.25, -0.2) is 19.7 Å². The summed E-state index contributed by atoms with van der Waals surface area (Å²) < 4.78 is 18.5. The Morgan fingerprint density at radius 3 is 2.18 bits per heavy atom. The van der Waals surface area contributed by atoms with Crippen LogP contribution in [0, 0.1) is 27.9 Å². The van der Waals surface area contributed by atoms with Gasteiger partial charge in [-0.05, 0) is 108 Å². The van der Waals surface area contributed by atoms with Crippen molar-refractivity contribution in [3.63, 3.8) is 0 Å². The lowest BCUT2D eigenvalue weighted by Gasteiger charge is -2.46. The number of aliphatic hydroxyl groups is 1. The molecule has 17 heteroatoms. The van der Waals surface area contributed by atoms with Crippen LogP contribution in [0.3, 0.4) is 0 Å². The number of rotatable bonds is 11. The van der Waals surface area contributed by atoms with Gasteiger partial charge in [-0.1, -0.05) is 90.7 Å². The molecule has 6 aromatic rings. The number of piperazine rings is 1. The van der Waals surface area contributed by atoms with Gasteiger partial charge >= 0.3 is 12.1 Å². The molecular weight excluding hydrogens is 967 g/mol. The number of hydrogen-bond donors (Lipinski definition) is 1. The van der Waals surface area contributed by atoms with Crippen LogP contribution >= 0.6 is 0 Å². The summed E-state index contributed by atoms with van der Waals surface area (Å²) in [5.74, 6) is 4.07. The van der Waals surface area contributed by atoms with Gasteiger partial charge in [0.05, 0.1) is 35.2 Å². The predicted octanol–water partition coefficient (Wildman–Crippen LogP) is 7.96. The predicted molar refractivity (Wildman–Crippen MR) is 278 cm³/mol. The Hall–Kier alpha value is -8.72. The Morgan fingerprint density at radius 2 is 1.51 bits per heavy atom. The smallest absolute Gasteiger partial charge is 0.421 e. The molecule has 1 aliphatic carbocycles. The van der Waals surface area contributed by atoms with Crippen LogP contribution in [0.1, 0.15) is 77.3 Å². The first-order valence-corrected chi connectivity index (χ1v) is 25.5. The second-order valence-corrected chi connectivity index (χ2v) is 19.3. The number of aromatic nitrogens is 2. The van der Waals surface area contributed by atoms with E-state index in [1.54, 1.807) is 65.8 Å². The zero-order chi connectivity index (χ0) is 52.3. The minimum atomic E-state index is -2.07. The van der Waals surface area contributed by atoms with Crippen LogP contribution in [-0.4, -0.2) is 99.1 Å². The molecule has 0 saturated carbocycles. The number of ether oxygens (including phenoxy) is 3. The Morgan fingerprint density at radius 1 is 0.803 bits per heavy atom. The van der Waals surface area contributed by atoms with E-state index in [2.05, 4.69) is 27.9 Å². The molecule has 0 bridgehead atoms. The van der Waals surface area contributed by atoms with Crippen molar-refractivity contribution >= 4 is 41.2 Å². The van der Waals surface area contributed by atoms with Gasteiger partial charge in [0.25, 0.3) is 5.69 Å². The molecule has 1 aromatic heterocycles. The van der Waals surface area contributed by atoms with E-state index < -0.39 is 64.4 Å². The van der Waals surface area contributed by atoms with Gasteiger partial charge in [0.15, 0.2) is 0 Å². The Bertz CT molecular complexity index is 3250. The van der Waals surface area contributed by atoms with E-state index in [4.69, 9.17) is 14.2 Å². The van der Waals surface area contributed by atoms with Crippen molar-refractivity contribution < 1.29 is 43.4 Å². The van der Waals surface area contributed by atoms with Crippen molar-refractivity contribution in [2.45, 2.75) is 61.9 Å². The Labute approximate surface area is 438 Å². The van der Waals surface area contributed by atoms with Gasteiger partial charge in [-0.3, -0.25) is 29.4 Å². The summed E-state index contributed by atoms with van der Waals surface area (Å²) in [5.41, 5.74) is 2.09. The van der Waals surface area contributed by atoms with E-state index in [9.17, 15) is 15.2 Å². The molecule has 5 heterocycles. The average Bonchev–Trinajstić information content (AvgIpc) is 3.82. The first-order chi connectivity index (χ1) is 37.1. The highest BCUT2D eigenvalue weighted by molar-refractivity contribution is 6.23. The standard InChI is InChI=1S/C59H53N7O10/c67-35-36-74-46-26-22-44(23-27-46)53-59(47-37-40(18-17-39-11-4-1-5-12-39)21-28-48(47)64(56(59)70)58(71)75-38-41-19-24-45(25-20-41)66(72)73)49(54(68)62-31-33-63(34-32-62)57-60-29-10-30-61-57)51-55(69)76-52(43-15-8-3-9-16-43)50(65(51)53)42-13-6-2-7-14-42/h2-3,6-11,13-16,19-30,37,49-53,67H,1,4-5,12,31-36,38H2/t49-,50-,51-,52+,53+,59-/m1/s1. The first-order valence-electron chi connectivity index (χ1n) is 25.5. The second-order valence-electron chi connectivity index (χ2n) is 19.3. The molecule has 0 radical (unpaired) electrons. The zero-order valence-corrected chi connectivity index (χ0v) is 41.4. The summed E-state index contributed by atoms with van der Waals surface area (Å²) in [5, 5.41) is 21.2. The number of imide groups is 1. The van der Waals surface area contributed by atoms with E-state index in [1.165, 1.54) is 24.3 Å². The first kappa shape index (κ1) is 49.5. The topological polar surface area (TPSA) is 198 Å². The van der Waals surface area contributed by atoms with Crippen molar-refractivity contribution in [1.82, 2.24) is 19.8 Å². The highest BCUT2D eigenvalue weighted by Crippen LogP contribution is 2.66. The third-order valence-electron chi connectivity index (χ3n) is 15.1. The molecule has 4 aliphatic heterocycles. The third kappa shape index (κ3) is 9.09. The summed E-state index contributed by atoms with van der Waals surface area (Å²) in [6.45, 7) is 0.493. The lowest BCUT2D eigenvalue weighted by atomic mass is 9.64. The number of fused-ring (bicyclic) bond motifs is 3. The van der Waals surface area contributed by atoms with Crippen molar-refractivity contribution in [3.05, 3.63) is 201 Å². The number of morpholine rings is 1. The van der Waals surface area contributed by atoms with Gasteiger partial charge in [-0.15, -0.1) is 0 Å². The molecule has 3 saturated heterocycles. The fourth-order valence-corrected chi connectivity index (χ4v) is 11.7. The number of carbonyl (C=O) groups excluding carboxylic acids is 4. The van der Waals surface area contributed by atoms with Gasteiger partial charge in [0, 0.05) is 56.3 Å². The van der Waals surface area contributed by atoms with Crippen molar-refractivity contribution in [2.24, 2.45) is 5.92 Å². The van der Waals surface area contributed by atoms with Crippen LogP contribution in [0.4, 0.5) is 22.1 Å². The maximum absolute atomic E-state index is 16.8. The van der Waals surface area contributed by atoms with E-state index in [1.807, 2.05) is 70.5 Å². The number of amides is 3. The number of esters is 1. The molecule has 5 aromatic carbocycles. The quantitative estimate of drug-likeness (QED) is 0.0568. The largest absolute Gasteiger partial charge is 0.491 e. The average molecular weight is 1020 g/mol. The van der Waals surface area contributed by atoms with Crippen LogP contribution in [-0.2, 0) is 35.9 Å². The normalized spacial score (nSPS) is 22.9. The maximum Gasteiger partial charge on any atom is 0.421 e. The number of cyclic esters (lactones) is 1. The van der Waals surface area contributed by atoms with Crippen LogP contribution in [0.2, 0.25) is 0 Å². The summed E-state index contributed by atoms with van der Waals surface area (Å²) in [6.07, 6.45) is 7.23. The molecular formula is C59H53N7O10. The zero-order valence-electron chi connectivity index (χ0n) is 41.4. The monoisotopic (exact) mass is 1020 g/mol. The molecule has 6 atom stereocenters. The van der Waals surface area contributed by atoms with Crippen LogP contribution in [0.15, 0.2) is 158 Å². The summed E-state index contributed by atoms with van der Waals surface area (Å²) in [6, 6.07) is 34.9. The molecule has 384 valence electrons. The number of carbonyl (C=O) groups is 4. The fourth-order valence-electron chi connectivity index (χ4n) is 11.7. The molecule has 1 N–H and O–H groups in total. The minimum Gasteiger partial charge on any atom is -0.491 e. The molecule has 5 aliphatic rings. The highest BCUT2D eigenvalue weighted by Gasteiger charge is 2.76. The molecule has 0 unspecified atom stereocenters. The van der Waals surface area contributed by atoms with Crippen molar-refractivity contribution in [1.29, 1.82) is 0 Å². The van der Waals surface area contributed by atoms with Gasteiger partial charge in [-0.2, -0.15) is 0 Å². The number of anilines is 2. The molecule has 76 heavy (non-hydrogen) atoms. The van der Waals surface area contributed by atoms with E-state index >= 15 is 19.2 Å². The number of hydrogen-bond acceptors (Lipinski definition) is 14. The maximum atomic E-state index is 16.8. The highest BCUT2D eigenvalue weighted by atomic mass is 16.6. The van der Waals surface area contributed by atoms with Crippen LogP contribution in [0.25, 0.3) is 0 Å². The van der Waals surface area contributed by atoms with E-state index in [-0.39, 0.29) is 44.3 Å². The fraction of sp³-hybridized carbons (Fsp3) is 0.288. The molecule has 3 amide bonds. The Balaban J connectivity index is 1.14. The summed E-state index contributed by atoms with van der Waals surface area (Å²) in [4.78, 5) is 90.4. The van der Waals surface area contributed by atoms with Gasteiger partial charge in [0.2, 0.25) is 17.8 Å². The molecule has 17 nitrogen and oxygen atoms in total. The number of non-ortho nitro benzene ring substituents is 1.